The average Bonchev–Trinajstić information content (AvgIpc) is 3.09. The minimum absolute atomic E-state index is 0.374. The van der Waals surface area contributed by atoms with Crippen LogP contribution in [0.4, 0.5) is 0 Å². The number of ether oxygens (including phenoxy) is 2. The molecule has 0 saturated heterocycles. The zero-order valence-corrected chi connectivity index (χ0v) is 13.6. The minimum Gasteiger partial charge on any atom is -0.493 e. The topological polar surface area (TPSA) is 70.9 Å². The molecule has 5 nitrogen and oxygen atoms in total. The molecule has 1 aliphatic heterocycles. The van der Waals surface area contributed by atoms with Gasteiger partial charge in [-0.1, -0.05) is 24.3 Å². The number of methoxy groups -OCH3 is 1. The van der Waals surface area contributed by atoms with Crippen molar-refractivity contribution < 1.29 is 9.47 Å². The molecule has 4 rings (SSSR count). The fourth-order valence-corrected chi connectivity index (χ4v) is 2.86. The predicted molar refractivity (Wildman–Crippen MR) is 96.1 cm³/mol. The molecule has 1 aromatic heterocycles. The van der Waals surface area contributed by atoms with Crippen LogP contribution in [0.1, 0.15) is 11.4 Å². The molecule has 0 spiro atoms. The first-order valence-corrected chi connectivity index (χ1v) is 7.86. The first-order chi connectivity index (χ1) is 12.3. The Morgan fingerprint density at radius 2 is 2.16 bits per heavy atom. The first kappa shape index (κ1) is 15.0. The van der Waals surface area contributed by atoms with Gasteiger partial charge in [-0.05, 0) is 35.9 Å². The second-order valence-corrected chi connectivity index (χ2v) is 5.66. The minimum atomic E-state index is 0.374. The number of rotatable bonds is 3. The first-order valence-electron chi connectivity index (χ1n) is 7.86. The van der Waals surface area contributed by atoms with Crippen molar-refractivity contribution in [1.29, 1.82) is 5.26 Å². The highest BCUT2D eigenvalue weighted by atomic mass is 16.5. The summed E-state index contributed by atoms with van der Waals surface area (Å²) in [6.45, 7) is 0.374. The summed E-state index contributed by atoms with van der Waals surface area (Å²) in [5, 5.41) is 9.55. The zero-order chi connectivity index (χ0) is 17.2. The normalized spacial score (nSPS) is 13.6. The van der Waals surface area contributed by atoms with E-state index in [1.165, 1.54) is 0 Å². The number of nitrogens with one attached hydrogen (secondary N) is 1. The van der Waals surface area contributed by atoms with Crippen LogP contribution in [0.3, 0.4) is 0 Å². The highest BCUT2D eigenvalue weighted by Crippen LogP contribution is 2.36. The molecule has 2 heterocycles. The van der Waals surface area contributed by atoms with E-state index in [0.717, 1.165) is 27.9 Å². The van der Waals surface area contributed by atoms with E-state index in [1.807, 2.05) is 48.5 Å². The number of imidazole rings is 1. The summed E-state index contributed by atoms with van der Waals surface area (Å²) in [7, 11) is 1.62. The number of aromatic nitrogens is 2. The van der Waals surface area contributed by atoms with Crippen molar-refractivity contribution in [1.82, 2.24) is 9.97 Å². The summed E-state index contributed by atoms with van der Waals surface area (Å²) >= 11 is 0. The van der Waals surface area contributed by atoms with Crippen molar-refractivity contribution in [2.24, 2.45) is 0 Å². The smallest absolute Gasteiger partial charge is 0.168 e. The number of nitrogens with zero attached hydrogens (tertiary/aromatic N) is 2. The molecule has 0 atom stereocenters. The van der Waals surface area contributed by atoms with E-state index >= 15 is 0 Å². The molecule has 0 saturated carbocycles. The maximum absolute atomic E-state index is 9.55. The number of fused-ring (bicyclic) bond motifs is 2. The van der Waals surface area contributed by atoms with Gasteiger partial charge in [-0.3, -0.25) is 0 Å². The molecule has 1 aliphatic rings. The standard InChI is InChI=1S/C20H15N3O2/c1-24-18-8-4-5-14-9-13(12-25-19(14)18)10-15(11-21)20-22-16-6-2-3-7-17(16)23-20/h2-10H,12H2,1H3,(H,22,23). The van der Waals surface area contributed by atoms with Crippen LogP contribution in [0.25, 0.3) is 22.7 Å². The number of H-pyrrole nitrogens is 1. The third-order valence-corrected chi connectivity index (χ3v) is 4.05. The van der Waals surface area contributed by atoms with Crippen LogP contribution in [0.15, 0.2) is 54.1 Å². The van der Waals surface area contributed by atoms with Gasteiger partial charge < -0.3 is 14.5 Å². The number of allylic oxidation sites excluding steroid dienone is 1. The summed E-state index contributed by atoms with van der Waals surface area (Å²) in [6, 6.07) is 15.7. The Hall–Kier alpha value is -3.52. The van der Waals surface area contributed by atoms with E-state index in [0.29, 0.717) is 23.8 Å². The molecule has 0 fully saturated rings. The molecule has 0 bridgehead atoms. The third kappa shape index (κ3) is 2.74. The van der Waals surface area contributed by atoms with E-state index in [4.69, 9.17) is 9.47 Å². The van der Waals surface area contributed by atoms with Gasteiger partial charge in [0, 0.05) is 5.56 Å². The molecule has 122 valence electrons. The predicted octanol–water partition coefficient (Wildman–Crippen LogP) is 3.95. The average molecular weight is 329 g/mol. The molecular formula is C20H15N3O2. The van der Waals surface area contributed by atoms with Gasteiger partial charge in [-0.25, -0.2) is 4.98 Å². The zero-order valence-electron chi connectivity index (χ0n) is 13.6. The lowest BCUT2D eigenvalue weighted by molar-refractivity contribution is 0.318. The van der Waals surface area contributed by atoms with Crippen LogP contribution in [0.2, 0.25) is 0 Å². The lowest BCUT2D eigenvalue weighted by Crippen LogP contribution is -2.07. The van der Waals surface area contributed by atoms with Crippen LogP contribution in [0, 0.1) is 11.3 Å². The van der Waals surface area contributed by atoms with Crippen molar-refractivity contribution in [2.45, 2.75) is 0 Å². The van der Waals surface area contributed by atoms with Gasteiger partial charge in [0.1, 0.15) is 18.5 Å². The molecule has 0 unspecified atom stereocenters. The second-order valence-electron chi connectivity index (χ2n) is 5.66. The number of hydrogen-bond acceptors (Lipinski definition) is 4. The van der Waals surface area contributed by atoms with Gasteiger partial charge >= 0.3 is 0 Å². The molecule has 0 aliphatic carbocycles. The van der Waals surface area contributed by atoms with Gasteiger partial charge in [-0.15, -0.1) is 0 Å². The van der Waals surface area contributed by atoms with Crippen molar-refractivity contribution in [2.75, 3.05) is 13.7 Å². The van der Waals surface area contributed by atoms with E-state index in [-0.39, 0.29) is 0 Å². The SMILES string of the molecule is COc1cccc2c1OCC(C=C(C#N)c1nc3ccccc3[nH]1)=C2. The second kappa shape index (κ2) is 6.17. The molecular weight excluding hydrogens is 314 g/mol. The summed E-state index contributed by atoms with van der Waals surface area (Å²) in [4.78, 5) is 7.67. The molecule has 2 aromatic carbocycles. The maximum Gasteiger partial charge on any atom is 0.168 e. The summed E-state index contributed by atoms with van der Waals surface area (Å²) in [6.07, 6.45) is 3.81. The Bertz CT molecular complexity index is 1020. The van der Waals surface area contributed by atoms with Crippen molar-refractivity contribution in [3.8, 4) is 17.6 Å². The highest BCUT2D eigenvalue weighted by molar-refractivity contribution is 5.84. The molecule has 5 heteroatoms. The third-order valence-electron chi connectivity index (χ3n) is 4.05. The summed E-state index contributed by atoms with van der Waals surface area (Å²) in [5.41, 5.74) is 4.04. The van der Waals surface area contributed by atoms with Gasteiger partial charge in [0.25, 0.3) is 0 Å². The Morgan fingerprint density at radius 3 is 2.96 bits per heavy atom. The Balaban J connectivity index is 1.73. The molecule has 0 radical (unpaired) electrons. The largest absolute Gasteiger partial charge is 0.493 e. The van der Waals surface area contributed by atoms with Crippen LogP contribution in [-0.4, -0.2) is 23.7 Å². The number of hydrogen-bond donors (Lipinski definition) is 1. The maximum atomic E-state index is 9.55. The monoisotopic (exact) mass is 329 g/mol. The van der Waals surface area contributed by atoms with Gasteiger partial charge in [0.15, 0.2) is 11.5 Å². The lowest BCUT2D eigenvalue weighted by Gasteiger charge is -2.18. The van der Waals surface area contributed by atoms with Gasteiger partial charge in [-0.2, -0.15) is 5.26 Å². The van der Waals surface area contributed by atoms with Crippen molar-refractivity contribution in [3.63, 3.8) is 0 Å². The van der Waals surface area contributed by atoms with E-state index < -0.39 is 0 Å². The van der Waals surface area contributed by atoms with Gasteiger partial charge in [0.2, 0.25) is 0 Å². The Labute approximate surface area is 144 Å². The van der Waals surface area contributed by atoms with Crippen LogP contribution >= 0.6 is 0 Å². The fraction of sp³-hybridized carbons (Fsp3) is 0.100. The van der Waals surface area contributed by atoms with Crippen LogP contribution < -0.4 is 9.47 Å². The van der Waals surface area contributed by atoms with E-state index in [2.05, 4.69) is 16.0 Å². The summed E-state index contributed by atoms with van der Waals surface area (Å²) in [5.74, 6) is 1.99. The van der Waals surface area contributed by atoms with Crippen LogP contribution in [-0.2, 0) is 0 Å². The number of nitriles is 1. The molecule has 3 aromatic rings. The fourth-order valence-electron chi connectivity index (χ4n) is 2.86. The van der Waals surface area contributed by atoms with E-state index in [9.17, 15) is 5.26 Å². The summed E-state index contributed by atoms with van der Waals surface area (Å²) < 4.78 is 11.1. The molecule has 1 N–H and O–H groups in total. The van der Waals surface area contributed by atoms with Gasteiger partial charge in [0.05, 0.1) is 23.7 Å². The number of benzene rings is 2. The Kier molecular flexibility index (Phi) is 3.71. The number of aromatic amines is 1. The highest BCUT2D eigenvalue weighted by Gasteiger charge is 2.16. The molecule has 25 heavy (non-hydrogen) atoms. The van der Waals surface area contributed by atoms with Crippen molar-refractivity contribution in [3.05, 3.63) is 65.5 Å². The lowest BCUT2D eigenvalue weighted by atomic mass is 10.0. The van der Waals surface area contributed by atoms with Crippen LogP contribution in [0.5, 0.6) is 11.5 Å². The van der Waals surface area contributed by atoms with E-state index in [1.54, 1.807) is 13.2 Å². The molecule has 0 amide bonds. The Morgan fingerprint density at radius 1 is 1.28 bits per heavy atom. The number of para-hydroxylation sites is 3. The quantitative estimate of drug-likeness (QED) is 0.739. The van der Waals surface area contributed by atoms with Crippen molar-refractivity contribution >= 4 is 22.7 Å².